The molecule has 0 rings (SSSR count). The van der Waals surface area contributed by atoms with Crippen LogP contribution in [0.15, 0.2) is 12.2 Å². The van der Waals surface area contributed by atoms with Gasteiger partial charge in [0.15, 0.2) is 0 Å². The van der Waals surface area contributed by atoms with Crippen molar-refractivity contribution in [2.45, 2.75) is 67.7 Å². The lowest BCUT2D eigenvalue weighted by atomic mass is 10.1. The third-order valence-electron chi connectivity index (χ3n) is 3.82. The van der Waals surface area contributed by atoms with Crippen molar-refractivity contribution < 1.29 is 9.90 Å². The van der Waals surface area contributed by atoms with Gasteiger partial charge in [0.05, 0.1) is 0 Å². The minimum Gasteiger partial charge on any atom is -0.478 e. The highest BCUT2D eigenvalue weighted by Gasteiger charge is 2.00. The van der Waals surface area contributed by atoms with Crippen molar-refractivity contribution >= 4 is 18.4 Å². The van der Waals surface area contributed by atoms with Gasteiger partial charge in [-0.15, -0.1) is 12.4 Å². The second-order valence-corrected chi connectivity index (χ2v) is 5.25. The Hall–Kier alpha value is -0.580. The monoisotopic (exact) mass is 366 g/mol. The van der Waals surface area contributed by atoms with Gasteiger partial charge in [-0.25, -0.2) is 4.79 Å². The van der Waals surface area contributed by atoms with Crippen LogP contribution in [0.5, 0.6) is 0 Å². The number of carboxylic acids is 1. The molecule has 0 aromatic heterocycles. The maximum absolute atomic E-state index is 10.1. The van der Waals surface area contributed by atoms with Crippen molar-refractivity contribution in [2.75, 3.05) is 39.3 Å². The molecule has 0 aromatic carbocycles. The van der Waals surface area contributed by atoms with Crippen molar-refractivity contribution in [1.29, 1.82) is 0 Å². The summed E-state index contributed by atoms with van der Waals surface area (Å²) < 4.78 is 0. The Morgan fingerprint density at radius 1 is 0.792 bits per heavy atom. The number of rotatable bonds is 10. The number of unbranched alkanes of at least 4 members (excludes halogenated alkanes) is 1. The Kier molecular flexibility index (Phi) is 32.1. The number of carboxylic acid groups (broad SMARTS) is 1. The highest BCUT2D eigenvalue weighted by atomic mass is 35.5. The lowest BCUT2D eigenvalue weighted by Gasteiger charge is -2.13. The molecule has 0 atom stereocenters. The van der Waals surface area contributed by atoms with Crippen molar-refractivity contribution in [3.05, 3.63) is 12.2 Å². The fourth-order valence-corrected chi connectivity index (χ4v) is 1.84. The third kappa shape index (κ3) is 23.7. The van der Waals surface area contributed by atoms with E-state index in [-0.39, 0.29) is 12.4 Å². The first-order chi connectivity index (χ1) is 10.9. The van der Waals surface area contributed by atoms with E-state index < -0.39 is 5.97 Å². The van der Waals surface area contributed by atoms with Crippen LogP contribution in [-0.2, 0) is 4.79 Å². The molecular formula is C19H43ClN2O2. The number of hydrogen-bond donors (Lipinski definition) is 1. The number of aliphatic carboxylic acids is 1. The summed E-state index contributed by atoms with van der Waals surface area (Å²) in [5, 5.41) is 8.31. The summed E-state index contributed by atoms with van der Waals surface area (Å²) in [5.41, 5.74) is 0.317. The molecule has 0 aliphatic carbocycles. The van der Waals surface area contributed by atoms with Gasteiger partial charge in [0.1, 0.15) is 0 Å². The van der Waals surface area contributed by atoms with Crippen LogP contribution >= 0.6 is 12.4 Å². The Morgan fingerprint density at radius 3 is 1.21 bits per heavy atom. The largest absolute Gasteiger partial charge is 0.478 e. The first kappa shape index (κ1) is 31.2. The maximum atomic E-state index is 10.1. The highest BCUT2D eigenvalue weighted by Crippen LogP contribution is 2.03. The third-order valence-corrected chi connectivity index (χ3v) is 3.82. The second-order valence-electron chi connectivity index (χ2n) is 5.25. The minimum atomic E-state index is -0.872. The van der Waals surface area contributed by atoms with Crippen molar-refractivity contribution in [2.24, 2.45) is 0 Å². The maximum Gasteiger partial charge on any atom is 0.330 e. The van der Waals surface area contributed by atoms with Gasteiger partial charge >= 0.3 is 5.97 Å². The number of halogens is 1. The second kappa shape index (κ2) is 24.7. The molecule has 0 saturated heterocycles. The zero-order chi connectivity index (χ0) is 18.7. The smallest absolute Gasteiger partial charge is 0.330 e. The van der Waals surface area contributed by atoms with Crippen molar-refractivity contribution in [1.82, 2.24) is 9.80 Å². The summed E-state index contributed by atoms with van der Waals surface area (Å²) in [6.45, 7) is 25.7. The summed E-state index contributed by atoms with van der Waals surface area (Å²) in [4.78, 5) is 14.9. The molecule has 0 aromatic rings. The molecule has 0 radical (unpaired) electrons. The van der Waals surface area contributed by atoms with E-state index in [0.29, 0.717) is 12.0 Å². The summed E-state index contributed by atoms with van der Waals surface area (Å²) in [5.74, 6) is -0.872. The Bertz CT molecular complexity index is 243. The molecule has 5 heteroatoms. The van der Waals surface area contributed by atoms with E-state index in [1.54, 1.807) is 0 Å². The van der Waals surface area contributed by atoms with E-state index in [2.05, 4.69) is 57.9 Å². The predicted molar refractivity (Wildman–Crippen MR) is 110 cm³/mol. The summed E-state index contributed by atoms with van der Waals surface area (Å²) >= 11 is 0. The summed E-state index contributed by atoms with van der Waals surface area (Å²) in [6.07, 6.45) is 2.56. The number of nitrogens with zero attached hydrogens (tertiary/aromatic N) is 2. The van der Waals surface area contributed by atoms with Crippen LogP contribution in [0.3, 0.4) is 0 Å². The molecule has 0 aliphatic heterocycles. The van der Waals surface area contributed by atoms with Gasteiger partial charge in [-0.3, -0.25) is 0 Å². The first-order valence-electron chi connectivity index (χ1n) is 9.23. The summed E-state index contributed by atoms with van der Waals surface area (Å²) in [6, 6.07) is 0. The molecule has 0 amide bonds. The fraction of sp³-hybridized carbons (Fsp3) is 0.842. The van der Waals surface area contributed by atoms with Crippen LogP contribution in [0.4, 0.5) is 0 Å². The van der Waals surface area contributed by atoms with Crippen LogP contribution in [-0.4, -0.2) is 60.1 Å². The van der Waals surface area contributed by atoms with Crippen LogP contribution < -0.4 is 0 Å². The van der Waals surface area contributed by atoms with E-state index in [4.69, 9.17) is 5.11 Å². The van der Waals surface area contributed by atoms with Crippen molar-refractivity contribution in [3.63, 3.8) is 0 Å². The molecule has 0 fully saturated rings. The van der Waals surface area contributed by atoms with Crippen LogP contribution in [0.25, 0.3) is 0 Å². The standard InChI is InChI=1S/C7H12O2.2C6H15N.ClH/c1-3-4-5-6(2)7(8)9;2*1-4-7(5-2)6-3;/h2-5H2,1H3,(H,8,9);2*4-6H2,1-3H3;1H. The molecular weight excluding hydrogens is 324 g/mol. The van der Waals surface area contributed by atoms with E-state index in [0.717, 1.165) is 12.8 Å². The molecule has 4 nitrogen and oxygen atoms in total. The zero-order valence-electron chi connectivity index (χ0n) is 17.2. The first-order valence-corrected chi connectivity index (χ1v) is 9.23. The quantitative estimate of drug-likeness (QED) is 0.556. The Labute approximate surface area is 157 Å². The Morgan fingerprint density at radius 2 is 1.08 bits per heavy atom. The van der Waals surface area contributed by atoms with Crippen LogP contribution in [0.2, 0.25) is 0 Å². The van der Waals surface area contributed by atoms with Gasteiger partial charge in [-0.05, 0) is 52.1 Å². The summed E-state index contributed by atoms with van der Waals surface area (Å²) in [7, 11) is 0. The van der Waals surface area contributed by atoms with Gasteiger partial charge in [0.25, 0.3) is 0 Å². The van der Waals surface area contributed by atoms with Gasteiger partial charge in [-0.2, -0.15) is 0 Å². The molecule has 0 saturated carbocycles. The van der Waals surface area contributed by atoms with E-state index in [1.807, 2.05) is 6.92 Å². The Balaban J connectivity index is -0.000000124. The number of hydrogen-bond acceptors (Lipinski definition) is 3. The molecule has 0 aliphatic rings. The van der Waals surface area contributed by atoms with Crippen molar-refractivity contribution in [3.8, 4) is 0 Å². The van der Waals surface area contributed by atoms with Gasteiger partial charge in [0.2, 0.25) is 0 Å². The zero-order valence-corrected chi connectivity index (χ0v) is 18.0. The van der Waals surface area contributed by atoms with E-state index in [1.165, 1.54) is 39.3 Å². The molecule has 148 valence electrons. The lowest BCUT2D eigenvalue weighted by Crippen LogP contribution is -2.21. The van der Waals surface area contributed by atoms with Gasteiger partial charge < -0.3 is 14.9 Å². The minimum absolute atomic E-state index is 0. The average molecular weight is 367 g/mol. The molecule has 1 N–H and O–H groups in total. The highest BCUT2D eigenvalue weighted by molar-refractivity contribution is 5.85. The van der Waals surface area contributed by atoms with Crippen LogP contribution in [0.1, 0.15) is 67.7 Å². The predicted octanol–water partition coefficient (Wildman–Crippen LogP) is 4.94. The topological polar surface area (TPSA) is 43.8 Å². The van der Waals surface area contributed by atoms with Crippen LogP contribution in [0, 0.1) is 0 Å². The lowest BCUT2D eigenvalue weighted by molar-refractivity contribution is -0.132. The SMILES string of the molecule is C=C(CCCC)C(=O)O.CCN(CC)CC.CCN(CC)CC.Cl. The van der Waals surface area contributed by atoms with E-state index in [9.17, 15) is 4.79 Å². The molecule has 24 heavy (non-hydrogen) atoms. The fourth-order valence-electron chi connectivity index (χ4n) is 1.84. The van der Waals surface area contributed by atoms with E-state index >= 15 is 0 Å². The van der Waals surface area contributed by atoms with Gasteiger partial charge in [-0.1, -0.05) is 61.5 Å². The number of carbonyl (C=O) groups is 1. The molecule has 0 bridgehead atoms. The molecule has 0 unspecified atom stereocenters. The molecule has 0 heterocycles. The average Bonchev–Trinajstić information content (AvgIpc) is 2.57. The molecule has 0 spiro atoms. The van der Waals surface area contributed by atoms with Gasteiger partial charge in [0, 0.05) is 5.57 Å². The normalized spacial score (nSPS) is 9.38.